The lowest BCUT2D eigenvalue weighted by Gasteiger charge is -2.12. The number of rotatable bonds is 3. The van der Waals surface area contributed by atoms with Gasteiger partial charge in [0, 0.05) is 20.1 Å². The Bertz CT molecular complexity index is 732. The minimum Gasteiger partial charge on any atom is -0.389 e. The van der Waals surface area contributed by atoms with Crippen LogP contribution >= 0.6 is 44.1 Å². The van der Waals surface area contributed by atoms with Crippen molar-refractivity contribution in [3.05, 3.63) is 62.0 Å². The van der Waals surface area contributed by atoms with Crippen molar-refractivity contribution in [2.45, 2.75) is 6.92 Å². The summed E-state index contributed by atoms with van der Waals surface area (Å²) in [4.78, 5) is 12.7. The van der Waals surface area contributed by atoms with E-state index in [0.717, 1.165) is 14.5 Å². The van der Waals surface area contributed by atoms with Crippen molar-refractivity contribution < 1.29 is 4.79 Å². The van der Waals surface area contributed by atoms with Crippen molar-refractivity contribution in [1.29, 1.82) is 0 Å². The number of benzene rings is 2. The van der Waals surface area contributed by atoms with Crippen LogP contribution in [-0.4, -0.2) is 10.9 Å². The molecule has 0 heterocycles. The number of nitrogens with one attached hydrogen (secondary N) is 1. The Morgan fingerprint density at radius 1 is 1.10 bits per heavy atom. The molecule has 0 spiro atoms. The maximum Gasteiger partial charge on any atom is 0.255 e. The zero-order chi connectivity index (χ0) is 15.6. The minimum atomic E-state index is -0.204. The zero-order valence-corrected chi connectivity index (χ0v) is 15.1. The van der Waals surface area contributed by atoms with Crippen molar-refractivity contribution in [2.75, 3.05) is 5.32 Å². The second kappa shape index (κ2) is 6.68. The summed E-state index contributed by atoms with van der Waals surface area (Å²) in [6.07, 6.45) is 0. The summed E-state index contributed by atoms with van der Waals surface area (Å²) >= 11 is 11.8. The number of hydrogen-bond acceptors (Lipinski definition) is 2. The van der Waals surface area contributed by atoms with Gasteiger partial charge in [0.2, 0.25) is 0 Å². The highest BCUT2D eigenvalue weighted by molar-refractivity contribution is 9.10. The summed E-state index contributed by atoms with van der Waals surface area (Å²) in [6, 6.07) is 10.9. The number of carbonyl (C=O) groups excluding carboxylic acids is 1. The fourth-order valence-electron chi connectivity index (χ4n) is 1.86. The number of carbonyl (C=O) groups is 1. The number of thiocarbonyl (C=S) groups is 1. The SMILES string of the molecule is Cc1ccc(Br)cc1C(=O)Nc1cc(Br)ccc1C(N)=S. The summed E-state index contributed by atoms with van der Waals surface area (Å²) in [6.45, 7) is 1.89. The van der Waals surface area contributed by atoms with Crippen molar-refractivity contribution in [1.82, 2.24) is 0 Å². The van der Waals surface area contributed by atoms with Crippen LogP contribution in [0.1, 0.15) is 21.5 Å². The van der Waals surface area contributed by atoms with E-state index in [0.29, 0.717) is 16.8 Å². The standard InChI is InChI=1S/C15H12Br2N2OS/c1-8-2-3-9(16)6-12(8)15(20)19-13-7-10(17)4-5-11(13)14(18)21/h2-7H,1H3,(H2,18,21)(H,19,20). The maximum atomic E-state index is 12.4. The third-order valence-corrected chi connectivity index (χ3v) is 4.15. The number of hydrogen-bond donors (Lipinski definition) is 2. The summed E-state index contributed by atoms with van der Waals surface area (Å²) in [5.41, 5.74) is 8.40. The molecule has 6 heteroatoms. The molecule has 0 aliphatic heterocycles. The average molecular weight is 428 g/mol. The molecule has 3 nitrogen and oxygen atoms in total. The Hall–Kier alpha value is -1.24. The van der Waals surface area contributed by atoms with Gasteiger partial charge in [-0.3, -0.25) is 4.79 Å². The summed E-state index contributed by atoms with van der Waals surface area (Å²) in [5, 5.41) is 2.86. The predicted octanol–water partition coefficient (Wildman–Crippen LogP) is 4.41. The highest BCUT2D eigenvalue weighted by atomic mass is 79.9. The molecule has 2 aromatic rings. The summed E-state index contributed by atoms with van der Waals surface area (Å²) in [5.74, 6) is -0.204. The fraction of sp³-hybridized carbons (Fsp3) is 0.0667. The molecule has 0 radical (unpaired) electrons. The Balaban J connectivity index is 2.38. The lowest BCUT2D eigenvalue weighted by molar-refractivity contribution is 0.102. The lowest BCUT2D eigenvalue weighted by atomic mass is 10.1. The second-order valence-corrected chi connectivity index (χ2v) is 6.74. The van der Waals surface area contributed by atoms with Crippen LogP contribution in [0.4, 0.5) is 5.69 Å². The summed E-state index contributed by atoms with van der Waals surface area (Å²) < 4.78 is 1.69. The van der Waals surface area contributed by atoms with Gasteiger partial charge in [0.25, 0.3) is 5.91 Å². The van der Waals surface area contributed by atoms with Gasteiger partial charge >= 0.3 is 0 Å². The van der Waals surface area contributed by atoms with Gasteiger partial charge in [-0.1, -0.05) is 50.1 Å². The topological polar surface area (TPSA) is 55.1 Å². The quantitative estimate of drug-likeness (QED) is 0.713. The average Bonchev–Trinajstić information content (AvgIpc) is 2.41. The third kappa shape index (κ3) is 3.90. The van der Waals surface area contributed by atoms with Gasteiger partial charge in [-0.05, 0) is 42.8 Å². The molecule has 3 N–H and O–H groups in total. The van der Waals surface area contributed by atoms with Gasteiger partial charge in [-0.2, -0.15) is 0 Å². The van der Waals surface area contributed by atoms with E-state index < -0.39 is 0 Å². The molecule has 0 saturated heterocycles. The second-order valence-electron chi connectivity index (χ2n) is 4.47. The van der Waals surface area contributed by atoms with Gasteiger partial charge in [-0.25, -0.2) is 0 Å². The molecule has 0 saturated carbocycles. The molecule has 0 aromatic heterocycles. The van der Waals surface area contributed by atoms with E-state index in [2.05, 4.69) is 37.2 Å². The zero-order valence-electron chi connectivity index (χ0n) is 11.1. The molecule has 0 atom stereocenters. The van der Waals surface area contributed by atoms with Gasteiger partial charge in [0.1, 0.15) is 4.99 Å². The van der Waals surface area contributed by atoms with Crippen LogP contribution in [0, 0.1) is 6.92 Å². The van der Waals surface area contributed by atoms with Crippen molar-refractivity contribution in [3.63, 3.8) is 0 Å². The Labute approximate surface area is 145 Å². The molecule has 21 heavy (non-hydrogen) atoms. The monoisotopic (exact) mass is 426 g/mol. The number of halogens is 2. The van der Waals surface area contributed by atoms with Gasteiger partial charge in [0.15, 0.2) is 0 Å². The number of nitrogens with two attached hydrogens (primary N) is 1. The highest BCUT2D eigenvalue weighted by Gasteiger charge is 2.13. The number of amides is 1. The smallest absolute Gasteiger partial charge is 0.255 e. The van der Waals surface area contributed by atoms with Crippen LogP contribution in [0.5, 0.6) is 0 Å². The first kappa shape index (κ1) is 16.1. The van der Waals surface area contributed by atoms with E-state index in [-0.39, 0.29) is 10.9 Å². The van der Waals surface area contributed by atoms with Crippen LogP contribution in [-0.2, 0) is 0 Å². The normalized spacial score (nSPS) is 10.2. The Morgan fingerprint density at radius 2 is 1.71 bits per heavy atom. The number of aryl methyl sites for hydroxylation is 1. The van der Waals surface area contributed by atoms with Crippen LogP contribution < -0.4 is 11.1 Å². The van der Waals surface area contributed by atoms with E-state index in [4.69, 9.17) is 18.0 Å². The molecule has 2 rings (SSSR count). The predicted molar refractivity (Wildman–Crippen MR) is 96.9 cm³/mol. The molecule has 1 amide bonds. The van der Waals surface area contributed by atoms with Gasteiger partial charge in [0.05, 0.1) is 5.69 Å². The first-order valence-electron chi connectivity index (χ1n) is 6.05. The van der Waals surface area contributed by atoms with Crippen LogP contribution in [0.2, 0.25) is 0 Å². The lowest BCUT2D eigenvalue weighted by Crippen LogP contribution is -2.18. The number of anilines is 1. The molecule has 108 valence electrons. The van der Waals surface area contributed by atoms with E-state index in [1.807, 2.05) is 25.1 Å². The van der Waals surface area contributed by atoms with Crippen LogP contribution in [0.3, 0.4) is 0 Å². The molecule has 0 bridgehead atoms. The largest absolute Gasteiger partial charge is 0.389 e. The van der Waals surface area contributed by atoms with Gasteiger partial charge < -0.3 is 11.1 Å². The minimum absolute atomic E-state index is 0.204. The maximum absolute atomic E-state index is 12.4. The molecular formula is C15H12Br2N2OS. The molecule has 0 aliphatic carbocycles. The molecule has 0 fully saturated rings. The summed E-state index contributed by atoms with van der Waals surface area (Å²) in [7, 11) is 0. The molecular weight excluding hydrogens is 416 g/mol. The first-order chi connectivity index (χ1) is 9.88. The van der Waals surface area contributed by atoms with E-state index in [1.54, 1.807) is 18.2 Å². The van der Waals surface area contributed by atoms with E-state index in [1.165, 1.54) is 0 Å². The van der Waals surface area contributed by atoms with Crippen molar-refractivity contribution >= 4 is 60.7 Å². The molecule has 0 unspecified atom stereocenters. The fourth-order valence-corrected chi connectivity index (χ4v) is 2.76. The Kier molecular flexibility index (Phi) is 5.13. The van der Waals surface area contributed by atoms with Gasteiger partial charge in [-0.15, -0.1) is 0 Å². The Morgan fingerprint density at radius 3 is 2.38 bits per heavy atom. The van der Waals surface area contributed by atoms with E-state index in [9.17, 15) is 4.79 Å². The van der Waals surface area contributed by atoms with E-state index >= 15 is 0 Å². The van der Waals surface area contributed by atoms with Crippen molar-refractivity contribution in [3.8, 4) is 0 Å². The highest BCUT2D eigenvalue weighted by Crippen LogP contribution is 2.23. The van der Waals surface area contributed by atoms with Crippen LogP contribution in [0.25, 0.3) is 0 Å². The third-order valence-electron chi connectivity index (χ3n) is 2.94. The van der Waals surface area contributed by atoms with Crippen LogP contribution in [0.15, 0.2) is 45.3 Å². The van der Waals surface area contributed by atoms with Crippen molar-refractivity contribution in [2.24, 2.45) is 5.73 Å². The molecule has 2 aromatic carbocycles. The molecule has 0 aliphatic rings. The first-order valence-corrected chi connectivity index (χ1v) is 8.05.